The molecule has 0 radical (unpaired) electrons. The Balaban J connectivity index is 2.47. The number of benzene rings is 3. The molecule has 0 saturated carbocycles. The summed E-state index contributed by atoms with van der Waals surface area (Å²) in [6.07, 6.45) is 0. The summed E-state index contributed by atoms with van der Waals surface area (Å²) in [6, 6.07) is 19.8. The van der Waals surface area contributed by atoms with Crippen molar-refractivity contribution >= 4 is 25.7 Å². The van der Waals surface area contributed by atoms with Gasteiger partial charge in [-0.05, 0) is 0 Å². The van der Waals surface area contributed by atoms with Gasteiger partial charge in [0.2, 0.25) is 0 Å². The molecule has 67 valence electrons. The van der Waals surface area contributed by atoms with E-state index in [2.05, 4.69) is 54.6 Å². The van der Waals surface area contributed by atoms with Crippen molar-refractivity contribution in [2.75, 3.05) is 0 Å². The average Bonchev–Trinajstić information content (AvgIpc) is 2.26. The van der Waals surface area contributed by atoms with Crippen molar-refractivity contribution in [1.82, 2.24) is 0 Å². The molecule has 0 aliphatic carbocycles. The first-order valence-electron chi connectivity index (χ1n) is 5.07. The molecule has 0 aromatic heterocycles. The molecule has 0 atom stereocenters. The topological polar surface area (TPSA) is 0 Å². The summed E-state index contributed by atoms with van der Waals surface area (Å²) >= 11 is 1.22. The minimum atomic E-state index is 1.22. The van der Waals surface area contributed by atoms with Crippen molar-refractivity contribution in [3.05, 3.63) is 54.6 Å². The second-order valence-corrected chi connectivity index (χ2v) is 5.59. The third-order valence-corrected chi connectivity index (χ3v) is 3.69. The van der Waals surface area contributed by atoms with Crippen molar-refractivity contribution in [3.63, 3.8) is 0 Å². The van der Waals surface area contributed by atoms with Crippen molar-refractivity contribution in [2.24, 2.45) is 0 Å². The molecule has 0 nitrogen and oxygen atoms in total. The molecule has 0 bridgehead atoms. The summed E-state index contributed by atoms with van der Waals surface area (Å²) in [5.74, 6) is 0. The zero-order valence-electron chi connectivity index (χ0n) is 8.40. The second-order valence-electron chi connectivity index (χ2n) is 3.88. The predicted molar refractivity (Wildman–Crippen MR) is 61.1 cm³/mol. The third-order valence-electron chi connectivity index (χ3n) is 2.77. The molecule has 0 N–H and O–H groups in total. The molecule has 1 heteroatoms. The van der Waals surface area contributed by atoms with Gasteiger partial charge in [-0.1, -0.05) is 0 Å². The Morgan fingerprint density at radius 1 is 0.600 bits per heavy atom. The molecular formula is C14H9Zn. The quantitative estimate of drug-likeness (QED) is 0.420. The van der Waals surface area contributed by atoms with Crippen LogP contribution in [0.15, 0.2) is 54.6 Å². The van der Waals surface area contributed by atoms with Crippen LogP contribution in [0.2, 0.25) is 0 Å². The normalized spacial score (nSPS) is 11.1. The fourth-order valence-electron chi connectivity index (χ4n) is 1.99. The third kappa shape index (κ3) is 1.57. The van der Waals surface area contributed by atoms with Gasteiger partial charge in [-0.15, -0.1) is 0 Å². The van der Waals surface area contributed by atoms with Crippen LogP contribution in [0, 0.1) is 0 Å². The van der Waals surface area contributed by atoms with E-state index >= 15 is 0 Å². The molecule has 3 rings (SSSR count). The second kappa shape index (κ2) is 3.43. The molecule has 0 spiro atoms. The van der Waals surface area contributed by atoms with Gasteiger partial charge in [-0.25, -0.2) is 0 Å². The molecule has 0 amide bonds. The van der Waals surface area contributed by atoms with Crippen LogP contribution in [0.3, 0.4) is 0 Å². The van der Waals surface area contributed by atoms with E-state index in [1.807, 2.05) is 0 Å². The molecule has 3 aromatic carbocycles. The minimum absolute atomic E-state index is 1.22. The summed E-state index contributed by atoms with van der Waals surface area (Å²) in [4.78, 5) is 0. The van der Waals surface area contributed by atoms with Crippen molar-refractivity contribution in [1.29, 1.82) is 0 Å². The summed E-state index contributed by atoms with van der Waals surface area (Å²) in [6.45, 7) is 0. The van der Waals surface area contributed by atoms with E-state index in [1.165, 1.54) is 44.0 Å². The summed E-state index contributed by atoms with van der Waals surface area (Å²) in [5.41, 5.74) is 0. The van der Waals surface area contributed by atoms with Crippen LogP contribution in [-0.4, -0.2) is 0 Å². The standard InChI is InChI=1S/C14H9.Zn/c1-2-6-12-10-14-8-4-3-7-13(14)9-11(12)5-1;/h1-3,5-10H;. The number of fused-ring (bicyclic) bond motifs is 2. The Morgan fingerprint density at radius 3 is 1.93 bits per heavy atom. The molecule has 0 aliphatic heterocycles. The van der Waals surface area contributed by atoms with Gasteiger partial charge < -0.3 is 0 Å². The molecule has 15 heavy (non-hydrogen) atoms. The fourth-order valence-corrected chi connectivity index (χ4v) is 2.70. The fraction of sp³-hybridized carbons (Fsp3) is 0. The van der Waals surface area contributed by atoms with Gasteiger partial charge in [0.05, 0.1) is 0 Å². The van der Waals surface area contributed by atoms with Crippen LogP contribution in [0.4, 0.5) is 0 Å². The van der Waals surface area contributed by atoms with Crippen LogP contribution in [-0.2, 0) is 18.3 Å². The maximum atomic E-state index is 2.29. The van der Waals surface area contributed by atoms with Gasteiger partial charge in [0.1, 0.15) is 0 Å². The Bertz CT molecular complexity index is 641. The monoisotopic (exact) mass is 241 g/mol. The molecule has 0 heterocycles. The maximum absolute atomic E-state index is 2.29. The van der Waals surface area contributed by atoms with E-state index in [1.54, 1.807) is 0 Å². The van der Waals surface area contributed by atoms with Gasteiger partial charge in [0, 0.05) is 0 Å². The molecule has 3 aromatic rings. The van der Waals surface area contributed by atoms with Gasteiger partial charge in [0.15, 0.2) is 0 Å². The number of rotatable bonds is 0. The molecular weight excluding hydrogens is 234 g/mol. The van der Waals surface area contributed by atoms with Crippen LogP contribution < -0.4 is 4.16 Å². The van der Waals surface area contributed by atoms with Gasteiger partial charge >= 0.3 is 98.6 Å². The van der Waals surface area contributed by atoms with Crippen LogP contribution in [0.1, 0.15) is 0 Å². The van der Waals surface area contributed by atoms with E-state index in [4.69, 9.17) is 0 Å². The zero-order chi connectivity index (χ0) is 10.3. The van der Waals surface area contributed by atoms with Gasteiger partial charge in [-0.3, -0.25) is 0 Å². The van der Waals surface area contributed by atoms with E-state index < -0.39 is 0 Å². The first kappa shape index (κ1) is 9.06. The zero-order valence-corrected chi connectivity index (χ0v) is 11.4. The van der Waals surface area contributed by atoms with E-state index in [0.717, 1.165) is 0 Å². The Morgan fingerprint density at radius 2 is 1.20 bits per heavy atom. The summed E-state index contributed by atoms with van der Waals surface area (Å²) in [7, 11) is 0. The summed E-state index contributed by atoms with van der Waals surface area (Å²) in [5, 5.41) is 5.35. The van der Waals surface area contributed by atoms with Crippen molar-refractivity contribution in [3.8, 4) is 0 Å². The van der Waals surface area contributed by atoms with Gasteiger partial charge in [0.25, 0.3) is 0 Å². The Kier molecular flexibility index (Phi) is 2.07. The molecule has 0 saturated heterocycles. The SMILES string of the molecule is [Zn][c]1ccc2cc3ccccc3cc2c1. The van der Waals surface area contributed by atoms with E-state index in [9.17, 15) is 0 Å². The van der Waals surface area contributed by atoms with Crippen molar-refractivity contribution < 1.29 is 18.3 Å². The number of hydrogen-bond donors (Lipinski definition) is 0. The van der Waals surface area contributed by atoms with Crippen LogP contribution in [0.25, 0.3) is 21.5 Å². The first-order chi connectivity index (χ1) is 7.33. The average molecular weight is 243 g/mol. The van der Waals surface area contributed by atoms with Crippen LogP contribution in [0.5, 0.6) is 0 Å². The van der Waals surface area contributed by atoms with Gasteiger partial charge in [-0.2, -0.15) is 0 Å². The predicted octanol–water partition coefficient (Wildman–Crippen LogP) is 3.17. The first-order valence-corrected chi connectivity index (χ1v) is 6.56. The summed E-state index contributed by atoms with van der Waals surface area (Å²) < 4.78 is 1.44. The molecule has 0 aliphatic rings. The Labute approximate surface area is 98.6 Å². The molecule has 0 unspecified atom stereocenters. The van der Waals surface area contributed by atoms with E-state index in [0.29, 0.717) is 0 Å². The Hall–Kier alpha value is -1.20. The van der Waals surface area contributed by atoms with E-state index in [-0.39, 0.29) is 0 Å². The number of hydrogen-bond acceptors (Lipinski definition) is 0. The molecule has 0 fully saturated rings. The van der Waals surface area contributed by atoms with Crippen LogP contribution >= 0.6 is 0 Å². The van der Waals surface area contributed by atoms with Crippen molar-refractivity contribution in [2.45, 2.75) is 0 Å².